The molecular weight excluding hydrogens is 490 g/mol. The highest BCUT2D eigenvalue weighted by molar-refractivity contribution is 6.46. The number of carbonyl (C=O) groups is 3. The average molecular weight is 528 g/mol. The van der Waals surface area contributed by atoms with Gasteiger partial charge in [-0.3, -0.25) is 9.59 Å². The van der Waals surface area contributed by atoms with Crippen molar-refractivity contribution in [3.8, 4) is 11.5 Å². The maximum atomic E-state index is 14.0. The minimum atomic E-state index is -0.913. The van der Waals surface area contributed by atoms with E-state index in [1.165, 1.54) is 31.1 Å². The highest BCUT2D eigenvalue weighted by atomic mass is 16.5. The molecule has 1 aromatic carbocycles. The van der Waals surface area contributed by atoms with Gasteiger partial charge >= 0.3 is 5.97 Å². The molecule has 10 heteroatoms. The quantitative estimate of drug-likeness (QED) is 0.193. The number of Topliss-reactive ketones (excluding diaryl/α,β-unsaturated/α-hetero) is 1. The number of benzene rings is 1. The largest absolute Gasteiger partial charge is 0.872 e. The summed E-state index contributed by atoms with van der Waals surface area (Å²) in [6, 6.07) is 4.18. The number of likely N-dealkylation sites (tertiary alicyclic amines) is 1. The number of aryl methyl sites for hydroxylation is 1. The van der Waals surface area contributed by atoms with Gasteiger partial charge in [0, 0.05) is 24.2 Å². The molecule has 1 atom stereocenters. The Kier molecular flexibility index (Phi) is 9.22. The Hall–Kier alpha value is -3.79. The molecule has 0 bridgehead atoms. The first-order chi connectivity index (χ1) is 18.1. The van der Waals surface area contributed by atoms with Gasteiger partial charge in [-0.1, -0.05) is 11.8 Å². The number of methoxy groups -OCH3 is 3. The van der Waals surface area contributed by atoms with E-state index in [2.05, 4.69) is 18.8 Å². The van der Waals surface area contributed by atoms with Crippen molar-refractivity contribution in [2.24, 2.45) is 0 Å². The Labute approximate surface area is 223 Å². The molecule has 10 nitrogen and oxygen atoms in total. The number of esters is 1. The minimum Gasteiger partial charge on any atom is -0.872 e. The molecule has 2 N–H and O–H groups in total. The van der Waals surface area contributed by atoms with Crippen molar-refractivity contribution in [1.82, 2.24) is 9.88 Å². The number of quaternary nitrogens is 1. The topological polar surface area (TPSA) is 125 Å². The third kappa shape index (κ3) is 5.26. The lowest BCUT2D eigenvalue weighted by atomic mass is 9.93. The van der Waals surface area contributed by atoms with Gasteiger partial charge in [0.25, 0.3) is 5.91 Å². The van der Waals surface area contributed by atoms with Gasteiger partial charge in [0.05, 0.1) is 47.0 Å². The van der Waals surface area contributed by atoms with Crippen LogP contribution in [-0.4, -0.2) is 75.1 Å². The van der Waals surface area contributed by atoms with E-state index in [9.17, 15) is 19.5 Å². The van der Waals surface area contributed by atoms with Crippen LogP contribution in [0.5, 0.6) is 11.5 Å². The summed E-state index contributed by atoms with van der Waals surface area (Å²) >= 11 is 0. The molecule has 1 aliphatic heterocycles. The molecule has 38 heavy (non-hydrogen) atoms. The van der Waals surface area contributed by atoms with Gasteiger partial charge in [-0.25, -0.2) is 4.79 Å². The number of hydrogen-bond donors (Lipinski definition) is 2. The number of amides is 1. The van der Waals surface area contributed by atoms with Crippen LogP contribution in [-0.2, 0) is 14.3 Å². The molecule has 3 rings (SSSR count). The summed E-state index contributed by atoms with van der Waals surface area (Å²) in [6.07, 6.45) is 0.663. The van der Waals surface area contributed by atoms with Crippen LogP contribution >= 0.6 is 0 Å². The van der Waals surface area contributed by atoms with Crippen LogP contribution in [0, 0.1) is 13.8 Å². The van der Waals surface area contributed by atoms with Gasteiger partial charge in [0.1, 0.15) is 5.69 Å². The summed E-state index contributed by atoms with van der Waals surface area (Å²) in [6.45, 7) is 10.5. The van der Waals surface area contributed by atoms with E-state index in [-0.39, 0.29) is 16.8 Å². The van der Waals surface area contributed by atoms with E-state index in [1.54, 1.807) is 32.0 Å². The Balaban J connectivity index is 2.18. The predicted molar refractivity (Wildman–Crippen MR) is 139 cm³/mol. The van der Waals surface area contributed by atoms with Crippen molar-refractivity contribution < 1.29 is 38.6 Å². The molecule has 1 saturated heterocycles. The van der Waals surface area contributed by atoms with E-state index in [0.717, 1.165) is 19.6 Å². The highest BCUT2D eigenvalue weighted by Crippen LogP contribution is 2.42. The molecule has 0 saturated carbocycles. The predicted octanol–water partition coefficient (Wildman–Crippen LogP) is 0.974. The molecule has 2 heterocycles. The molecule has 0 spiro atoms. The second-order valence-electron chi connectivity index (χ2n) is 9.26. The van der Waals surface area contributed by atoms with Crippen molar-refractivity contribution in [3.05, 3.63) is 51.9 Å². The summed E-state index contributed by atoms with van der Waals surface area (Å²) < 4.78 is 15.6. The number of carbonyl (C=O) groups excluding carboxylic acids is 3. The van der Waals surface area contributed by atoms with Gasteiger partial charge < -0.3 is 34.1 Å². The van der Waals surface area contributed by atoms with E-state index >= 15 is 0 Å². The van der Waals surface area contributed by atoms with Crippen LogP contribution in [0.15, 0.2) is 23.8 Å². The number of hydrogen-bond acceptors (Lipinski definition) is 7. The summed E-state index contributed by atoms with van der Waals surface area (Å²) in [4.78, 5) is 44.7. The molecule has 1 aromatic heterocycles. The van der Waals surface area contributed by atoms with E-state index in [4.69, 9.17) is 14.2 Å². The van der Waals surface area contributed by atoms with Crippen LogP contribution in [0.4, 0.5) is 0 Å². The van der Waals surface area contributed by atoms with E-state index in [1.807, 2.05) is 0 Å². The van der Waals surface area contributed by atoms with Crippen LogP contribution in [0.2, 0.25) is 0 Å². The lowest BCUT2D eigenvalue weighted by molar-refractivity contribution is -0.896. The minimum absolute atomic E-state index is 0.132. The van der Waals surface area contributed by atoms with Crippen molar-refractivity contribution in [1.29, 1.82) is 0 Å². The Morgan fingerprint density at radius 1 is 1.08 bits per heavy atom. The summed E-state index contributed by atoms with van der Waals surface area (Å²) in [7, 11) is 4.26. The molecule has 0 radical (unpaired) electrons. The van der Waals surface area contributed by atoms with Crippen molar-refractivity contribution in [2.45, 2.75) is 40.2 Å². The Morgan fingerprint density at radius 3 is 2.32 bits per heavy atom. The van der Waals surface area contributed by atoms with Gasteiger partial charge in [0.15, 0.2) is 11.5 Å². The second kappa shape index (κ2) is 12.2. The number of aromatic nitrogens is 1. The number of nitrogens with zero attached hydrogens (tertiary/aromatic N) is 1. The smallest absolute Gasteiger partial charge is 0.354 e. The molecular formula is C28H37N3O7. The number of ether oxygens (including phenoxy) is 3. The summed E-state index contributed by atoms with van der Waals surface area (Å²) in [5.74, 6) is -1.89. The molecule has 1 unspecified atom stereocenters. The monoisotopic (exact) mass is 527 g/mol. The van der Waals surface area contributed by atoms with Gasteiger partial charge in [-0.15, -0.1) is 0 Å². The fourth-order valence-corrected chi connectivity index (χ4v) is 5.10. The fraction of sp³-hybridized carbons (Fsp3) is 0.464. The van der Waals surface area contributed by atoms with Gasteiger partial charge in [-0.2, -0.15) is 0 Å². The number of ketones is 1. The zero-order valence-corrected chi connectivity index (χ0v) is 23.1. The number of nitrogens with one attached hydrogen (secondary N) is 2. The third-order valence-electron chi connectivity index (χ3n) is 7.24. The lowest BCUT2D eigenvalue weighted by Gasteiger charge is -2.28. The Bertz CT molecular complexity index is 1240. The van der Waals surface area contributed by atoms with E-state index < -0.39 is 29.5 Å². The zero-order valence-electron chi connectivity index (χ0n) is 23.1. The maximum absolute atomic E-state index is 14.0. The average Bonchev–Trinajstić information content (AvgIpc) is 3.36. The van der Waals surface area contributed by atoms with Crippen LogP contribution in [0.25, 0.3) is 5.76 Å². The van der Waals surface area contributed by atoms with Crippen LogP contribution < -0.4 is 19.5 Å². The normalized spacial score (nSPS) is 16.8. The maximum Gasteiger partial charge on any atom is 0.354 e. The molecule has 1 aliphatic rings. The summed E-state index contributed by atoms with van der Waals surface area (Å²) in [5.41, 5.74) is 1.49. The third-order valence-corrected chi connectivity index (χ3v) is 7.24. The van der Waals surface area contributed by atoms with Crippen LogP contribution in [0.1, 0.15) is 59.2 Å². The first-order valence-electron chi connectivity index (χ1n) is 12.7. The van der Waals surface area contributed by atoms with Crippen molar-refractivity contribution in [3.63, 3.8) is 0 Å². The van der Waals surface area contributed by atoms with Crippen molar-refractivity contribution in [2.75, 3.05) is 47.5 Å². The highest BCUT2D eigenvalue weighted by Gasteiger charge is 2.44. The molecule has 0 aliphatic carbocycles. The number of H-pyrrole nitrogens is 1. The summed E-state index contributed by atoms with van der Waals surface area (Å²) in [5, 5.41) is 14.0. The first-order valence-corrected chi connectivity index (χ1v) is 12.7. The molecule has 1 fully saturated rings. The SMILES string of the molecule is CC[NH+](CC)CCCN1C(=O)C(=O)C(=C([O-])c2c(C)[nH]c(C(=O)OC)c2C)C1c1ccc(OC)c(OC)c1. The van der Waals surface area contributed by atoms with E-state index in [0.29, 0.717) is 41.3 Å². The second-order valence-corrected chi connectivity index (χ2v) is 9.26. The number of rotatable bonds is 11. The van der Waals surface area contributed by atoms with Gasteiger partial charge in [0.2, 0.25) is 5.78 Å². The van der Waals surface area contributed by atoms with Crippen LogP contribution in [0.3, 0.4) is 0 Å². The first kappa shape index (κ1) is 28.8. The fourth-order valence-electron chi connectivity index (χ4n) is 5.10. The van der Waals surface area contributed by atoms with Crippen molar-refractivity contribution >= 4 is 23.4 Å². The van der Waals surface area contributed by atoms with Gasteiger partial charge in [-0.05, 0) is 56.5 Å². The zero-order chi connectivity index (χ0) is 28.1. The standard InChI is InChI=1S/C28H37N3O7/c1-8-30(9-2)13-10-14-31-24(18-11-12-19(36-5)20(15-18)37-6)22(26(33)27(31)34)25(32)21-16(3)23(28(35)38-7)29-17(21)4/h11-12,15,24,29,32H,8-10,13-14H2,1-7H3. The molecule has 2 aromatic rings. The lowest BCUT2D eigenvalue weighted by Crippen LogP contribution is -3.11. The number of aromatic amines is 1. The Morgan fingerprint density at radius 2 is 1.74 bits per heavy atom. The molecule has 1 amide bonds. The molecule has 206 valence electrons.